The van der Waals surface area contributed by atoms with E-state index >= 15 is 0 Å². The highest BCUT2D eigenvalue weighted by Crippen LogP contribution is 2.16. The topological polar surface area (TPSA) is 42.2 Å². The fourth-order valence-corrected chi connectivity index (χ4v) is 2.03. The quantitative estimate of drug-likeness (QED) is 0.831. The second-order valence-electron chi connectivity index (χ2n) is 4.28. The fourth-order valence-electron chi connectivity index (χ4n) is 2.03. The zero-order chi connectivity index (χ0) is 11.4. The third-order valence-electron chi connectivity index (χ3n) is 2.89. The predicted molar refractivity (Wildman–Crippen MR) is 67.0 cm³/mol. The molecule has 2 rings (SSSR count). The average Bonchev–Trinajstić information content (AvgIpc) is 2.49. The molecule has 1 N–H and O–H groups in total. The van der Waals surface area contributed by atoms with Crippen molar-refractivity contribution in [1.82, 2.24) is 9.78 Å². The number of aromatic nitrogens is 2. The summed E-state index contributed by atoms with van der Waals surface area (Å²) < 4.78 is 1.86. The molecule has 16 heavy (non-hydrogen) atoms. The maximum absolute atomic E-state index is 4.57. The number of nitrogens with one attached hydrogen (secondary N) is 1. The normalized spacial score (nSPS) is 16.8. The van der Waals surface area contributed by atoms with Gasteiger partial charge in [0.1, 0.15) is 5.84 Å². The van der Waals surface area contributed by atoms with Gasteiger partial charge in [-0.05, 0) is 19.3 Å². The first-order valence-corrected chi connectivity index (χ1v) is 6.12. The summed E-state index contributed by atoms with van der Waals surface area (Å²) in [7, 11) is 1.96. The van der Waals surface area contributed by atoms with Crippen LogP contribution in [-0.4, -0.2) is 22.2 Å². The van der Waals surface area contributed by atoms with E-state index in [1.54, 1.807) is 0 Å². The molecule has 0 unspecified atom stereocenters. The lowest BCUT2D eigenvalue weighted by atomic mass is 10.2. The summed E-state index contributed by atoms with van der Waals surface area (Å²) in [5.74, 6) is 1.13. The van der Waals surface area contributed by atoms with Crippen LogP contribution in [0.25, 0.3) is 0 Å². The molecule has 0 atom stereocenters. The van der Waals surface area contributed by atoms with Gasteiger partial charge in [-0.2, -0.15) is 5.10 Å². The lowest BCUT2D eigenvalue weighted by molar-refractivity contribution is 0.731. The van der Waals surface area contributed by atoms with Crippen LogP contribution in [0.1, 0.15) is 38.3 Å². The zero-order valence-corrected chi connectivity index (χ0v) is 10.2. The summed E-state index contributed by atoms with van der Waals surface area (Å²) in [5.41, 5.74) is 2.24. The van der Waals surface area contributed by atoms with E-state index in [-0.39, 0.29) is 0 Å². The maximum Gasteiger partial charge on any atom is 0.101 e. The Morgan fingerprint density at radius 2 is 2.25 bits per heavy atom. The van der Waals surface area contributed by atoms with E-state index in [0.717, 1.165) is 36.6 Å². The molecule has 4 heteroatoms. The van der Waals surface area contributed by atoms with Crippen molar-refractivity contribution < 1.29 is 0 Å². The largest absolute Gasteiger partial charge is 0.341 e. The summed E-state index contributed by atoms with van der Waals surface area (Å²) >= 11 is 0. The molecule has 0 saturated heterocycles. The molecule has 0 fully saturated rings. The molecule has 0 amide bonds. The first kappa shape index (κ1) is 11.2. The van der Waals surface area contributed by atoms with E-state index in [2.05, 4.69) is 22.3 Å². The number of hydrogen-bond acceptors (Lipinski definition) is 3. The Morgan fingerprint density at radius 1 is 1.38 bits per heavy atom. The Balaban J connectivity index is 2.09. The Morgan fingerprint density at radius 3 is 3.06 bits per heavy atom. The third-order valence-corrected chi connectivity index (χ3v) is 2.89. The summed E-state index contributed by atoms with van der Waals surface area (Å²) in [6.07, 6.45) is 7.81. The maximum atomic E-state index is 4.57. The van der Waals surface area contributed by atoms with Crippen LogP contribution >= 0.6 is 0 Å². The highest BCUT2D eigenvalue weighted by molar-refractivity contribution is 5.95. The number of aliphatic imine (C=N–C) groups is 1. The van der Waals surface area contributed by atoms with Gasteiger partial charge in [0.25, 0.3) is 0 Å². The predicted octanol–water partition coefficient (Wildman–Crippen LogP) is 2.37. The molecule has 1 aliphatic rings. The lowest BCUT2D eigenvalue weighted by Gasteiger charge is -2.07. The number of nitrogens with zero attached hydrogens (tertiary/aromatic N) is 3. The lowest BCUT2D eigenvalue weighted by Crippen LogP contribution is -2.12. The highest BCUT2D eigenvalue weighted by Gasteiger charge is 2.09. The van der Waals surface area contributed by atoms with Crippen LogP contribution in [0, 0.1) is 0 Å². The van der Waals surface area contributed by atoms with Gasteiger partial charge in [0.05, 0.1) is 11.4 Å². The Hall–Kier alpha value is -1.32. The number of rotatable bonds is 2. The first-order chi connectivity index (χ1) is 7.79. The van der Waals surface area contributed by atoms with Crippen LogP contribution in [0.5, 0.6) is 0 Å². The van der Waals surface area contributed by atoms with E-state index in [0.29, 0.717) is 0 Å². The van der Waals surface area contributed by atoms with Crippen LogP contribution in [0.2, 0.25) is 0 Å². The number of amidine groups is 1. The molecule has 2 heterocycles. The summed E-state index contributed by atoms with van der Waals surface area (Å²) in [6.45, 7) is 3.09. The van der Waals surface area contributed by atoms with E-state index in [4.69, 9.17) is 0 Å². The molecule has 0 saturated carbocycles. The molecule has 0 aliphatic carbocycles. The Labute approximate surface area is 96.8 Å². The molecule has 0 aromatic carbocycles. The van der Waals surface area contributed by atoms with Crippen LogP contribution < -0.4 is 5.32 Å². The smallest absolute Gasteiger partial charge is 0.101 e. The van der Waals surface area contributed by atoms with Crippen molar-refractivity contribution in [2.24, 2.45) is 12.0 Å². The molecule has 0 bridgehead atoms. The fraction of sp³-hybridized carbons (Fsp3) is 0.667. The van der Waals surface area contributed by atoms with Gasteiger partial charge < -0.3 is 5.32 Å². The minimum Gasteiger partial charge on any atom is -0.341 e. The monoisotopic (exact) mass is 220 g/mol. The van der Waals surface area contributed by atoms with E-state index in [9.17, 15) is 0 Å². The van der Waals surface area contributed by atoms with Crippen LogP contribution in [0.15, 0.2) is 11.2 Å². The van der Waals surface area contributed by atoms with Crippen molar-refractivity contribution in [1.29, 1.82) is 0 Å². The molecular weight excluding hydrogens is 200 g/mol. The van der Waals surface area contributed by atoms with E-state index in [1.807, 2.05) is 17.9 Å². The summed E-state index contributed by atoms with van der Waals surface area (Å²) in [5, 5.41) is 7.85. The van der Waals surface area contributed by atoms with Gasteiger partial charge in [0.2, 0.25) is 0 Å². The number of hydrogen-bond donors (Lipinski definition) is 1. The van der Waals surface area contributed by atoms with Crippen molar-refractivity contribution in [2.45, 2.75) is 39.0 Å². The second-order valence-corrected chi connectivity index (χ2v) is 4.28. The van der Waals surface area contributed by atoms with Crippen LogP contribution in [-0.2, 0) is 13.5 Å². The minimum atomic E-state index is 0.955. The van der Waals surface area contributed by atoms with E-state index < -0.39 is 0 Å². The third kappa shape index (κ3) is 2.62. The van der Waals surface area contributed by atoms with Gasteiger partial charge >= 0.3 is 0 Å². The number of anilines is 1. The molecule has 1 aliphatic heterocycles. The first-order valence-electron chi connectivity index (χ1n) is 6.12. The molecule has 1 aromatic heterocycles. The minimum absolute atomic E-state index is 0.955. The van der Waals surface area contributed by atoms with Crippen LogP contribution in [0.3, 0.4) is 0 Å². The van der Waals surface area contributed by atoms with Gasteiger partial charge in [0, 0.05) is 26.2 Å². The Kier molecular flexibility index (Phi) is 3.59. The molecule has 0 radical (unpaired) electrons. The van der Waals surface area contributed by atoms with Crippen molar-refractivity contribution in [3.8, 4) is 0 Å². The van der Waals surface area contributed by atoms with Gasteiger partial charge in [0.15, 0.2) is 0 Å². The van der Waals surface area contributed by atoms with Gasteiger partial charge in [-0.25, -0.2) is 0 Å². The van der Waals surface area contributed by atoms with Crippen molar-refractivity contribution >= 4 is 11.5 Å². The second kappa shape index (κ2) is 5.14. The SMILES string of the molecule is CCc1nn(C)cc1NC1=NCCCCC1. The number of aryl methyl sites for hydroxylation is 2. The standard InChI is InChI=1S/C12H20N4/c1-3-10-11(9-16(2)15-10)14-12-7-5-4-6-8-13-12/h9H,3-8H2,1-2H3,(H,13,14). The highest BCUT2D eigenvalue weighted by atomic mass is 15.3. The van der Waals surface area contributed by atoms with Crippen molar-refractivity contribution in [3.05, 3.63) is 11.9 Å². The van der Waals surface area contributed by atoms with Gasteiger partial charge in [-0.15, -0.1) is 0 Å². The molecule has 88 valence electrons. The molecule has 0 spiro atoms. The van der Waals surface area contributed by atoms with Gasteiger partial charge in [-0.1, -0.05) is 13.3 Å². The van der Waals surface area contributed by atoms with Crippen LogP contribution in [0.4, 0.5) is 5.69 Å². The summed E-state index contributed by atoms with van der Waals surface area (Å²) in [4.78, 5) is 4.57. The Bertz CT molecular complexity index is 378. The molecule has 1 aromatic rings. The summed E-state index contributed by atoms with van der Waals surface area (Å²) in [6, 6.07) is 0. The van der Waals surface area contributed by atoms with Crippen molar-refractivity contribution in [2.75, 3.05) is 11.9 Å². The van der Waals surface area contributed by atoms with Gasteiger partial charge in [-0.3, -0.25) is 9.67 Å². The molecule has 4 nitrogen and oxygen atoms in total. The zero-order valence-electron chi connectivity index (χ0n) is 10.2. The molecular formula is C12H20N4. The van der Waals surface area contributed by atoms with E-state index in [1.165, 1.54) is 19.3 Å². The average molecular weight is 220 g/mol. The van der Waals surface area contributed by atoms with Crippen molar-refractivity contribution in [3.63, 3.8) is 0 Å².